The zero-order valence-corrected chi connectivity index (χ0v) is 11.8. The third-order valence-electron chi connectivity index (χ3n) is 3.33. The third-order valence-corrected chi connectivity index (χ3v) is 3.33. The number of carbonyl (C=O) groups excluding carboxylic acids is 2. The van der Waals surface area contributed by atoms with Gasteiger partial charge in [0.15, 0.2) is 0 Å². The predicted molar refractivity (Wildman–Crippen MR) is 79.2 cm³/mol. The van der Waals surface area contributed by atoms with Crippen LogP contribution < -0.4 is 16.0 Å². The lowest BCUT2D eigenvalue weighted by Crippen LogP contribution is -2.35. The number of urea groups is 1. The van der Waals surface area contributed by atoms with Crippen LogP contribution in [0.4, 0.5) is 14.9 Å². The summed E-state index contributed by atoms with van der Waals surface area (Å²) in [6.45, 7) is 1.63. The molecule has 6 nitrogen and oxygen atoms in total. The molecule has 1 aliphatic rings. The Balaban J connectivity index is 2.23. The van der Waals surface area contributed by atoms with Crippen LogP contribution in [0.5, 0.6) is 0 Å². The van der Waals surface area contributed by atoms with Crippen LogP contribution in [0.3, 0.4) is 0 Å². The van der Waals surface area contributed by atoms with Gasteiger partial charge < -0.3 is 10.6 Å². The standard InChI is InChI=1S/C15H15FN4O2/c16-12-8-10(3-4-13(12)20-5-1-2-6-20)7-11(9-17)14(21)19-15(18)22/h3-4,7-8H,1-2,5-6H2,(H3,18,19,21,22)/b11-7-. The zero-order chi connectivity index (χ0) is 16.1. The van der Waals surface area contributed by atoms with Crippen molar-refractivity contribution < 1.29 is 14.0 Å². The van der Waals surface area contributed by atoms with E-state index < -0.39 is 17.8 Å². The van der Waals surface area contributed by atoms with Gasteiger partial charge in [-0.2, -0.15) is 5.26 Å². The molecule has 0 unspecified atom stereocenters. The fourth-order valence-corrected chi connectivity index (χ4v) is 2.32. The molecule has 1 aliphatic heterocycles. The number of anilines is 1. The number of imide groups is 1. The number of halogens is 1. The molecule has 0 radical (unpaired) electrons. The number of nitrogens with two attached hydrogens (primary N) is 1. The second-order valence-electron chi connectivity index (χ2n) is 4.89. The predicted octanol–water partition coefficient (Wildman–Crippen LogP) is 1.53. The lowest BCUT2D eigenvalue weighted by molar-refractivity contribution is -0.115. The summed E-state index contributed by atoms with van der Waals surface area (Å²) in [5.41, 5.74) is 5.36. The number of nitriles is 1. The topological polar surface area (TPSA) is 99.2 Å². The summed E-state index contributed by atoms with van der Waals surface area (Å²) in [6.07, 6.45) is 3.27. The van der Waals surface area contributed by atoms with Crippen molar-refractivity contribution in [1.29, 1.82) is 5.26 Å². The first-order valence-corrected chi connectivity index (χ1v) is 6.78. The first kappa shape index (κ1) is 15.5. The minimum absolute atomic E-state index is 0.327. The number of amides is 3. The van der Waals surface area contributed by atoms with Crippen molar-refractivity contribution in [3.8, 4) is 6.07 Å². The molecule has 0 bridgehead atoms. The van der Waals surface area contributed by atoms with Gasteiger partial charge in [0.25, 0.3) is 5.91 Å². The molecule has 0 saturated carbocycles. The summed E-state index contributed by atoms with van der Waals surface area (Å²) in [5, 5.41) is 10.7. The van der Waals surface area contributed by atoms with E-state index in [4.69, 9.17) is 11.0 Å². The highest BCUT2D eigenvalue weighted by Gasteiger charge is 2.16. The fourth-order valence-electron chi connectivity index (χ4n) is 2.32. The Bertz CT molecular complexity index is 673. The molecule has 1 fully saturated rings. The summed E-state index contributed by atoms with van der Waals surface area (Å²) >= 11 is 0. The quantitative estimate of drug-likeness (QED) is 0.653. The Morgan fingerprint density at radius 2 is 2.05 bits per heavy atom. The lowest BCUT2D eigenvalue weighted by Gasteiger charge is -2.18. The van der Waals surface area contributed by atoms with Crippen molar-refractivity contribution in [1.82, 2.24) is 5.32 Å². The van der Waals surface area contributed by atoms with Gasteiger partial charge >= 0.3 is 6.03 Å². The molecular formula is C15H15FN4O2. The van der Waals surface area contributed by atoms with E-state index in [0.717, 1.165) is 25.9 Å². The monoisotopic (exact) mass is 302 g/mol. The summed E-state index contributed by atoms with van der Waals surface area (Å²) in [4.78, 5) is 24.1. The number of hydrogen-bond donors (Lipinski definition) is 2. The van der Waals surface area contributed by atoms with Crippen molar-refractivity contribution in [3.05, 3.63) is 35.2 Å². The highest BCUT2D eigenvalue weighted by atomic mass is 19.1. The highest BCUT2D eigenvalue weighted by molar-refractivity contribution is 6.08. The molecule has 114 valence electrons. The minimum atomic E-state index is -1.05. The van der Waals surface area contributed by atoms with Gasteiger partial charge in [0.2, 0.25) is 0 Å². The molecule has 3 N–H and O–H groups in total. The molecule has 2 rings (SSSR count). The van der Waals surface area contributed by atoms with Crippen molar-refractivity contribution in [2.75, 3.05) is 18.0 Å². The number of primary amides is 1. The first-order valence-electron chi connectivity index (χ1n) is 6.78. The number of nitrogens with one attached hydrogen (secondary N) is 1. The van der Waals surface area contributed by atoms with Gasteiger partial charge in [-0.05, 0) is 36.6 Å². The van der Waals surface area contributed by atoms with Crippen LogP contribution in [-0.2, 0) is 4.79 Å². The lowest BCUT2D eigenvalue weighted by atomic mass is 10.1. The molecule has 1 heterocycles. The molecule has 0 spiro atoms. The van der Waals surface area contributed by atoms with E-state index in [2.05, 4.69) is 0 Å². The smallest absolute Gasteiger partial charge is 0.319 e. The van der Waals surface area contributed by atoms with Crippen LogP contribution in [0.15, 0.2) is 23.8 Å². The number of benzene rings is 1. The zero-order valence-electron chi connectivity index (χ0n) is 11.8. The van der Waals surface area contributed by atoms with Crippen LogP contribution in [0, 0.1) is 17.1 Å². The van der Waals surface area contributed by atoms with Gasteiger partial charge in [0.05, 0.1) is 5.69 Å². The van der Waals surface area contributed by atoms with Crippen LogP contribution >= 0.6 is 0 Å². The van der Waals surface area contributed by atoms with Crippen molar-refractivity contribution in [2.45, 2.75) is 12.8 Å². The Hall–Kier alpha value is -2.88. The Kier molecular flexibility index (Phi) is 4.73. The minimum Gasteiger partial charge on any atom is -0.369 e. The van der Waals surface area contributed by atoms with Crippen molar-refractivity contribution in [3.63, 3.8) is 0 Å². The van der Waals surface area contributed by atoms with Gasteiger partial charge in [0.1, 0.15) is 17.5 Å². The molecular weight excluding hydrogens is 287 g/mol. The van der Waals surface area contributed by atoms with Gasteiger partial charge in [-0.25, -0.2) is 9.18 Å². The van der Waals surface area contributed by atoms with Crippen LogP contribution in [0.1, 0.15) is 18.4 Å². The summed E-state index contributed by atoms with van der Waals surface area (Å²) < 4.78 is 14.1. The van der Waals surface area contributed by atoms with E-state index >= 15 is 0 Å². The largest absolute Gasteiger partial charge is 0.369 e. The molecule has 0 atom stereocenters. The van der Waals surface area contributed by atoms with Gasteiger partial charge in [-0.1, -0.05) is 6.07 Å². The van der Waals surface area contributed by atoms with Gasteiger partial charge in [0, 0.05) is 13.1 Å². The van der Waals surface area contributed by atoms with E-state index in [1.165, 1.54) is 12.1 Å². The molecule has 22 heavy (non-hydrogen) atoms. The maximum atomic E-state index is 14.1. The number of carbonyl (C=O) groups is 2. The Morgan fingerprint density at radius 1 is 1.36 bits per heavy atom. The van der Waals surface area contributed by atoms with Gasteiger partial charge in [-0.15, -0.1) is 0 Å². The molecule has 1 aromatic rings. The fraction of sp³-hybridized carbons (Fsp3) is 0.267. The molecule has 0 aliphatic carbocycles. The number of nitrogens with zero attached hydrogens (tertiary/aromatic N) is 2. The van der Waals surface area contributed by atoms with Crippen LogP contribution in [-0.4, -0.2) is 25.0 Å². The Morgan fingerprint density at radius 3 is 2.59 bits per heavy atom. The second-order valence-corrected chi connectivity index (χ2v) is 4.89. The Labute approximate surface area is 127 Å². The number of hydrogen-bond acceptors (Lipinski definition) is 4. The SMILES string of the molecule is N#C/C(=C/c1ccc(N2CCCC2)c(F)c1)C(=O)NC(N)=O. The van der Waals surface area contributed by atoms with Crippen molar-refractivity contribution in [2.24, 2.45) is 5.73 Å². The molecule has 1 saturated heterocycles. The maximum absolute atomic E-state index is 14.1. The van der Waals surface area contributed by atoms with Crippen molar-refractivity contribution >= 4 is 23.7 Å². The molecule has 7 heteroatoms. The van der Waals surface area contributed by atoms with E-state index in [-0.39, 0.29) is 5.57 Å². The average molecular weight is 302 g/mol. The number of rotatable bonds is 3. The van der Waals surface area contributed by atoms with E-state index in [0.29, 0.717) is 11.3 Å². The van der Waals surface area contributed by atoms with E-state index in [9.17, 15) is 14.0 Å². The normalized spacial score (nSPS) is 14.5. The summed E-state index contributed by atoms with van der Waals surface area (Å²) in [7, 11) is 0. The van der Waals surface area contributed by atoms with Crippen LogP contribution in [0.2, 0.25) is 0 Å². The molecule has 3 amide bonds. The molecule has 0 aromatic heterocycles. The third kappa shape index (κ3) is 3.61. The molecule has 1 aromatic carbocycles. The first-order chi connectivity index (χ1) is 10.5. The average Bonchev–Trinajstić information content (AvgIpc) is 2.97. The van der Waals surface area contributed by atoms with Gasteiger partial charge in [-0.3, -0.25) is 10.1 Å². The summed E-state index contributed by atoms with van der Waals surface area (Å²) in [5.74, 6) is -1.33. The van der Waals surface area contributed by atoms with E-state index in [1.807, 2.05) is 4.90 Å². The van der Waals surface area contributed by atoms with Crippen LogP contribution in [0.25, 0.3) is 6.08 Å². The second kappa shape index (κ2) is 6.72. The summed E-state index contributed by atoms with van der Waals surface area (Å²) in [6, 6.07) is 5.09. The van der Waals surface area contributed by atoms with E-state index in [1.54, 1.807) is 23.5 Å². The maximum Gasteiger partial charge on any atom is 0.319 e. The highest BCUT2D eigenvalue weighted by Crippen LogP contribution is 2.25.